The fraction of sp³-hybridized carbons (Fsp3) is 0.636. The summed E-state index contributed by atoms with van der Waals surface area (Å²) in [6, 6.07) is 3.57. The van der Waals surface area contributed by atoms with Crippen LogP contribution in [0, 0.1) is 5.92 Å². The standard InChI is InChI=1S/C11H18N2O2S2/c1-9-5-7-13(8-9)17(14,15)11-3-2-10(16-11)4-6-12/h2-3,9H,4-8,12H2,1H3. The minimum atomic E-state index is -3.26. The molecule has 0 bridgehead atoms. The molecule has 1 atom stereocenters. The van der Waals surface area contributed by atoms with Crippen molar-refractivity contribution in [3.63, 3.8) is 0 Å². The van der Waals surface area contributed by atoms with Crippen molar-refractivity contribution in [3.8, 4) is 0 Å². The van der Waals surface area contributed by atoms with Gasteiger partial charge in [-0.05, 0) is 37.4 Å². The number of nitrogens with zero attached hydrogens (tertiary/aromatic N) is 1. The van der Waals surface area contributed by atoms with Gasteiger partial charge in [-0.25, -0.2) is 8.42 Å². The number of rotatable bonds is 4. The second-order valence-corrected chi connectivity index (χ2v) is 7.85. The van der Waals surface area contributed by atoms with Crippen LogP contribution in [0.25, 0.3) is 0 Å². The molecule has 96 valence electrons. The Bertz CT molecular complexity index is 481. The number of hydrogen-bond donors (Lipinski definition) is 1. The Labute approximate surface area is 106 Å². The Kier molecular flexibility index (Phi) is 3.87. The van der Waals surface area contributed by atoms with Crippen LogP contribution in [-0.4, -0.2) is 32.4 Å². The zero-order chi connectivity index (χ0) is 12.5. The third-order valence-electron chi connectivity index (χ3n) is 3.01. The van der Waals surface area contributed by atoms with Gasteiger partial charge in [0.1, 0.15) is 4.21 Å². The fourth-order valence-electron chi connectivity index (χ4n) is 2.01. The topological polar surface area (TPSA) is 63.4 Å². The Balaban J connectivity index is 2.19. The quantitative estimate of drug-likeness (QED) is 0.899. The van der Waals surface area contributed by atoms with E-state index in [1.807, 2.05) is 6.07 Å². The van der Waals surface area contributed by atoms with Crippen molar-refractivity contribution in [2.45, 2.75) is 24.0 Å². The van der Waals surface area contributed by atoms with Crippen LogP contribution in [0.2, 0.25) is 0 Å². The average molecular weight is 274 g/mol. The van der Waals surface area contributed by atoms with Gasteiger partial charge in [0.05, 0.1) is 0 Å². The summed E-state index contributed by atoms with van der Waals surface area (Å²) in [5.41, 5.74) is 5.47. The Morgan fingerprint density at radius 2 is 2.29 bits per heavy atom. The third kappa shape index (κ3) is 2.70. The predicted octanol–water partition coefficient (Wildman–Crippen LogP) is 1.28. The molecule has 0 saturated carbocycles. The van der Waals surface area contributed by atoms with Crippen LogP contribution >= 0.6 is 11.3 Å². The molecule has 2 N–H and O–H groups in total. The number of nitrogens with two attached hydrogens (primary N) is 1. The lowest BCUT2D eigenvalue weighted by Crippen LogP contribution is -2.27. The fourth-order valence-corrected chi connectivity index (χ4v) is 5.11. The van der Waals surface area contributed by atoms with Crippen LogP contribution < -0.4 is 5.73 Å². The summed E-state index contributed by atoms with van der Waals surface area (Å²) in [5, 5.41) is 0. The van der Waals surface area contributed by atoms with Gasteiger partial charge >= 0.3 is 0 Å². The molecule has 0 spiro atoms. The smallest absolute Gasteiger partial charge is 0.252 e. The van der Waals surface area contributed by atoms with Gasteiger partial charge in [0.2, 0.25) is 0 Å². The molecule has 2 rings (SSSR count). The minimum absolute atomic E-state index is 0.454. The molecule has 2 heterocycles. The van der Waals surface area contributed by atoms with Crippen molar-refractivity contribution in [3.05, 3.63) is 17.0 Å². The van der Waals surface area contributed by atoms with Crippen molar-refractivity contribution in [1.29, 1.82) is 0 Å². The molecule has 1 fully saturated rings. The lowest BCUT2D eigenvalue weighted by Gasteiger charge is -2.14. The highest BCUT2D eigenvalue weighted by Gasteiger charge is 2.31. The van der Waals surface area contributed by atoms with Crippen molar-refractivity contribution in [2.24, 2.45) is 11.7 Å². The molecule has 1 aromatic rings. The molecule has 1 aliphatic heterocycles. The van der Waals surface area contributed by atoms with E-state index in [2.05, 4.69) is 6.92 Å². The van der Waals surface area contributed by atoms with Crippen LogP contribution in [0.3, 0.4) is 0 Å². The summed E-state index contributed by atoms with van der Waals surface area (Å²) >= 11 is 1.34. The van der Waals surface area contributed by atoms with E-state index in [-0.39, 0.29) is 0 Å². The molecular weight excluding hydrogens is 256 g/mol. The number of thiophene rings is 1. The van der Waals surface area contributed by atoms with Crippen molar-refractivity contribution < 1.29 is 8.42 Å². The monoisotopic (exact) mass is 274 g/mol. The lowest BCUT2D eigenvalue weighted by atomic mass is 10.2. The van der Waals surface area contributed by atoms with Gasteiger partial charge in [-0.2, -0.15) is 4.31 Å². The zero-order valence-electron chi connectivity index (χ0n) is 9.93. The van der Waals surface area contributed by atoms with Gasteiger partial charge in [0, 0.05) is 18.0 Å². The lowest BCUT2D eigenvalue weighted by molar-refractivity contribution is 0.466. The molecule has 1 unspecified atom stereocenters. The largest absolute Gasteiger partial charge is 0.330 e. The van der Waals surface area contributed by atoms with Crippen molar-refractivity contribution in [1.82, 2.24) is 4.31 Å². The first kappa shape index (κ1) is 13.0. The van der Waals surface area contributed by atoms with Crippen LogP contribution in [0.5, 0.6) is 0 Å². The van der Waals surface area contributed by atoms with E-state index in [9.17, 15) is 8.42 Å². The highest BCUT2D eigenvalue weighted by atomic mass is 32.2. The van der Waals surface area contributed by atoms with Gasteiger partial charge in [-0.3, -0.25) is 0 Å². The highest BCUT2D eigenvalue weighted by Crippen LogP contribution is 2.28. The summed E-state index contributed by atoms with van der Waals surface area (Å²) < 4.78 is 26.7. The first-order valence-corrected chi connectivity index (χ1v) is 8.08. The molecule has 1 saturated heterocycles. The normalized spacial score (nSPS) is 22.1. The zero-order valence-corrected chi connectivity index (χ0v) is 11.6. The molecule has 4 nitrogen and oxygen atoms in total. The molecule has 6 heteroatoms. The van der Waals surface area contributed by atoms with Crippen LogP contribution in [0.15, 0.2) is 16.3 Å². The molecule has 0 amide bonds. The molecule has 0 aromatic carbocycles. The maximum absolute atomic E-state index is 12.3. The van der Waals surface area contributed by atoms with E-state index < -0.39 is 10.0 Å². The van der Waals surface area contributed by atoms with Gasteiger partial charge in [-0.15, -0.1) is 11.3 Å². The van der Waals surface area contributed by atoms with Crippen LogP contribution in [0.1, 0.15) is 18.2 Å². The average Bonchev–Trinajstić information content (AvgIpc) is 2.88. The summed E-state index contributed by atoms with van der Waals surface area (Å²) in [6.45, 7) is 3.94. The summed E-state index contributed by atoms with van der Waals surface area (Å²) in [5.74, 6) is 0.466. The van der Waals surface area contributed by atoms with Gasteiger partial charge < -0.3 is 5.73 Å². The second-order valence-electron chi connectivity index (χ2n) is 4.52. The van der Waals surface area contributed by atoms with Crippen molar-refractivity contribution in [2.75, 3.05) is 19.6 Å². The molecule has 1 aromatic heterocycles. The summed E-state index contributed by atoms with van der Waals surface area (Å²) in [4.78, 5) is 1.04. The van der Waals surface area contributed by atoms with E-state index in [1.54, 1.807) is 10.4 Å². The van der Waals surface area contributed by atoms with E-state index in [0.29, 0.717) is 29.8 Å². The van der Waals surface area contributed by atoms with Crippen LogP contribution in [0.4, 0.5) is 0 Å². The third-order valence-corrected chi connectivity index (χ3v) is 6.49. The molecule has 1 aliphatic rings. The van der Waals surface area contributed by atoms with Gasteiger partial charge in [-0.1, -0.05) is 6.92 Å². The Morgan fingerprint density at radius 3 is 2.88 bits per heavy atom. The minimum Gasteiger partial charge on any atom is -0.330 e. The maximum Gasteiger partial charge on any atom is 0.252 e. The molecule has 17 heavy (non-hydrogen) atoms. The maximum atomic E-state index is 12.3. The summed E-state index contributed by atoms with van der Waals surface area (Å²) in [7, 11) is -3.26. The Hall–Kier alpha value is -0.430. The van der Waals surface area contributed by atoms with Gasteiger partial charge in [0.15, 0.2) is 0 Å². The second kappa shape index (κ2) is 5.06. The SMILES string of the molecule is CC1CCN(S(=O)(=O)c2ccc(CCN)s2)C1. The van der Waals surface area contributed by atoms with E-state index >= 15 is 0 Å². The number of sulfonamides is 1. The highest BCUT2D eigenvalue weighted by molar-refractivity contribution is 7.91. The van der Waals surface area contributed by atoms with E-state index in [1.165, 1.54) is 11.3 Å². The van der Waals surface area contributed by atoms with E-state index in [0.717, 1.165) is 17.7 Å². The van der Waals surface area contributed by atoms with Gasteiger partial charge in [0.25, 0.3) is 10.0 Å². The summed E-state index contributed by atoms with van der Waals surface area (Å²) in [6.07, 6.45) is 1.71. The molecule has 0 aliphatic carbocycles. The molecule has 0 radical (unpaired) electrons. The van der Waals surface area contributed by atoms with Crippen molar-refractivity contribution >= 4 is 21.4 Å². The van der Waals surface area contributed by atoms with E-state index in [4.69, 9.17) is 5.73 Å². The first-order valence-electron chi connectivity index (χ1n) is 5.83. The molecular formula is C11H18N2O2S2. The number of hydrogen-bond acceptors (Lipinski definition) is 4. The van der Waals surface area contributed by atoms with Crippen LogP contribution in [-0.2, 0) is 16.4 Å². The predicted molar refractivity (Wildman–Crippen MR) is 69.6 cm³/mol. The Morgan fingerprint density at radius 1 is 1.53 bits per heavy atom. The first-order chi connectivity index (χ1) is 8.04.